The summed E-state index contributed by atoms with van der Waals surface area (Å²) in [4.78, 5) is 0. The van der Waals surface area contributed by atoms with E-state index in [0.717, 1.165) is 0 Å². The molecule has 0 aromatic carbocycles. The number of alkyl halides is 1. The fourth-order valence-electron chi connectivity index (χ4n) is 0.184. The highest BCUT2D eigenvalue weighted by Crippen LogP contribution is 2.03. The monoisotopic (exact) mass is 173 g/mol. The number of halogens is 1. The number of hydrogen-bond donors (Lipinski definition) is 1. The van der Waals surface area contributed by atoms with Crippen LogP contribution in [0.15, 0.2) is 0 Å². The first kappa shape index (κ1) is 9.16. The van der Waals surface area contributed by atoms with E-state index in [-0.39, 0.29) is 0 Å². The summed E-state index contributed by atoms with van der Waals surface area (Å²) in [6.45, 7) is 1.44. The minimum atomic E-state index is -4.10. The molecule has 0 radical (unpaired) electrons. The van der Waals surface area contributed by atoms with Gasteiger partial charge in [0.05, 0.1) is 5.50 Å². The molecule has 0 saturated heterocycles. The highest BCUT2D eigenvalue weighted by molar-refractivity contribution is 7.83. The Balaban J connectivity index is 4.24. The topological polar surface area (TPSA) is 57.6 Å². The Morgan fingerprint density at radius 2 is 2.00 bits per heavy atom. The Bertz CT molecular complexity index is 175. The van der Waals surface area contributed by atoms with Crippen LogP contribution in [0.5, 0.6) is 0 Å². The van der Waals surface area contributed by atoms with Crippen molar-refractivity contribution < 1.29 is 13.0 Å². The third-order valence-electron chi connectivity index (χ3n) is 0.865. The maximum absolute atomic E-state index is 10.2. The molecular formula is C3H8ClNO3S. The van der Waals surface area contributed by atoms with Crippen LogP contribution in [-0.2, 0) is 10.3 Å². The number of nitrogens with zero attached hydrogens (tertiary/aromatic N) is 1. The van der Waals surface area contributed by atoms with Gasteiger partial charge in [-0.05, 0) is 6.92 Å². The van der Waals surface area contributed by atoms with Crippen molar-refractivity contribution >= 4 is 21.9 Å². The average Bonchev–Trinajstić information content (AvgIpc) is 1.62. The molecule has 0 bridgehead atoms. The van der Waals surface area contributed by atoms with Gasteiger partial charge in [-0.1, -0.05) is 0 Å². The number of hydrogen-bond acceptors (Lipinski definition) is 2. The molecule has 0 amide bonds. The van der Waals surface area contributed by atoms with Gasteiger partial charge in [-0.3, -0.25) is 4.55 Å². The normalized spacial score (nSPS) is 16.1. The Morgan fingerprint density at radius 3 is 2.00 bits per heavy atom. The summed E-state index contributed by atoms with van der Waals surface area (Å²) in [6, 6.07) is 0. The molecule has 1 unspecified atom stereocenters. The molecule has 0 saturated carbocycles. The Morgan fingerprint density at radius 1 is 1.67 bits per heavy atom. The van der Waals surface area contributed by atoms with Crippen LogP contribution in [0.25, 0.3) is 0 Å². The van der Waals surface area contributed by atoms with Gasteiger partial charge in [0, 0.05) is 7.05 Å². The summed E-state index contributed by atoms with van der Waals surface area (Å²) >= 11 is 5.30. The average molecular weight is 174 g/mol. The Kier molecular flexibility index (Phi) is 2.88. The van der Waals surface area contributed by atoms with Crippen molar-refractivity contribution in [3.63, 3.8) is 0 Å². The van der Waals surface area contributed by atoms with E-state index in [1.54, 1.807) is 0 Å². The van der Waals surface area contributed by atoms with Gasteiger partial charge in [-0.2, -0.15) is 12.7 Å². The first-order chi connectivity index (χ1) is 3.85. The molecule has 9 heavy (non-hydrogen) atoms. The van der Waals surface area contributed by atoms with E-state index in [2.05, 4.69) is 0 Å². The zero-order valence-corrected chi connectivity index (χ0v) is 6.65. The van der Waals surface area contributed by atoms with Crippen molar-refractivity contribution in [2.75, 3.05) is 7.05 Å². The number of rotatable bonds is 2. The van der Waals surface area contributed by atoms with E-state index in [1.165, 1.54) is 14.0 Å². The third kappa shape index (κ3) is 3.00. The summed E-state index contributed by atoms with van der Waals surface area (Å²) < 4.78 is 29.3. The van der Waals surface area contributed by atoms with Crippen molar-refractivity contribution in [3.8, 4) is 0 Å². The van der Waals surface area contributed by atoms with E-state index in [4.69, 9.17) is 16.2 Å². The van der Waals surface area contributed by atoms with Crippen LogP contribution in [0.2, 0.25) is 0 Å². The molecule has 6 heteroatoms. The van der Waals surface area contributed by atoms with Crippen molar-refractivity contribution in [1.82, 2.24) is 4.31 Å². The maximum atomic E-state index is 10.2. The zero-order valence-electron chi connectivity index (χ0n) is 5.07. The van der Waals surface area contributed by atoms with Crippen molar-refractivity contribution in [3.05, 3.63) is 0 Å². The summed E-state index contributed by atoms with van der Waals surface area (Å²) in [6.07, 6.45) is 0. The molecule has 0 fully saturated rings. The standard InChI is InChI=1S/C3H8ClNO3S/c1-3(4)5(2)9(6,7)8/h3H,1-2H3,(H,6,7,8). The molecule has 0 heterocycles. The smallest absolute Gasteiger partial charge is 0.273 e. The van der Waals surface area contributed by atoms with Crippen LogP contribution in [0.4, 0.5) is 0 Å². The van der Waals surface area contributed by atoms with Gasteiger partial charge in [0.25, 0.3) is 0 Å². The summed E-state index contributed by atoms with van der Waals surface area (Å²) in [5, 5.41) is 0. The molecule has 0 spiro atoms. The van der Waals surface area contributed by atoms with E-state index in [0.29, 0.717) is 4.31 Å². The molecule has 0 aromatic heterocycles. The predicted molar refractivity (Wildman–Crippen MR) is 34.6 cm³/mol. The van der Waals surface area contributed by atoms with Crippen LogP contribution in [0, 0.1) is 0 Å². The van der Waals surface area contributed by atoms with Gasteiger partial charge in [0.15, 0.2) is 0 Å². The lowest BCUT2D eigenvalue weighted by atomic mass is 10.8. The molecule has 4 nitrogen and oxygen atoms in total. The fraction of sp³-hybridized carbons (Fsp3) is 1.00. The molecule has 0 aliphatic carbocycles. The van der Waals surface area contributed by atoms with Crippen molar-refractivity contribution in [2.45, 2.75) is 12.4 Å². The minimum Gasteiger partial charge on any atom is -0.273 e. The summed E-state index contributed by atoms with van der Waals surface area (Å²) in [5.74, 6) is 0. The first-order valence-electron chi connectivity index (χ1n) is 2.20. The van der Waals surface area contributed by atoms with Gasteiger partial charge in [-0.15, -0.1) is 11.6 Å². The van der Waals surface area contributed by atoms with Gasteiger partial charge < -0.3 is 0 Å². The van der Waals surface area contributed by atoms with Gasteiger partial charge in [0.2, 0.25) is 0 Å². The van der Waals surface area contributed by atoms with E-state index in [9.17, 15) is 8.42 Å². The van der Waals surface area contributed by atoms with Crippen LogP contribution in [0.3, 0.4) is 0 Å². The van der Waals surface area contributed by atoms with Crippen LogP contribution >= 0.6 is 11.6 Å². The second kappa shape index (κ2) is 2.83. The lowest BCUT2D eigenvalue weighted by Crippen LogP contribution is -2.30. The second-order valence-corrected chi connectivity index (χ2v) is 3.67. The molecule has 0 aromatic rings. The molecule has 1 atom stereocenters. The zero-order chi connectivity index (χ0) is 7.65. The highest BCUT2D eigenvalue weighted by Gasteiger charge is 2.17. The SMILES string of the molecule is CC(Cl)N(C)S(=O)(=O)O. The van der Waals surface area contributed by atoms with E-state index in [1.807, 2.05) is 0 Å². The Labute approximate surface area is 59.3 Å². The Hall–Kier alpha value is 0.160. The lowest BCUT2D eigenvalue weighted by molar-refractivity contribution is 0.381. The minimum absolute atomic E-state index is 0.647. The van der Waals surface area contributed by atoms with E-state index < -0.39 is 15.8 Å². The van der Waals surface area contributed by atoms with Crippen molar-refractivity contribution in [1.29, 1.82) is 0 Å². The fourth-order valence-corrected chi connectivity index (χ4v) is 0.853. The molecule has 0 aliphatic heterocycles. The lowest BCUT2D eigenvalue weighted by Gasteiger charge is -2.13. The van der Waals surface area contributed by atoms with Gasteiger partial charge >= 0.3 is 10.3 Å². The van der Waals surface area contributed by atoms with Crippen LogP contribution in [-0.4, -0.2) is 29.8 Å². The largest absolute Gasteiger partial charge is 0.336 e. The van der Waals surface area contributed by atoms with Crippen LogP contribution in [0.1, 0.15) is 6.92 Å². The quantitative estimate of drug-likeness (QED) is 0.371. The predicted octanol–water partition coefficient (Wildman–Crippen LogP) is 0.306. The maximum Gasteiger partial charge on any atom is 0.336 e. The first-order valence-corrected chi connectivity index (χ1v) is 4.03. The van der Waals surface area contributed by atoms with E-state index >= 15 is 0 Å². The summed E-state index contributed by atoms with van der Waals surface area (Å²) in [5.41, 5.74) is -0.722. The second-order valence-electron chi connectivity index (χ2n) is 1.57. The molecule has 0 aliphatic rings. The van der Waals surface area contributed by atoms with Gasteiger partial charge in [-0.25, -0.2) is 0 Å². The third-order valence-corrected chi connectivity index (χ3v) is 2.32. The summed E-state index contributed by atoms with van der Waals surface area (Å²) in [7, 11) is -2.91. The van der Waals surface area contributed by atoms with Crippen LogP contribution < -0.4 is 0 Å². The van der Waals surface area contributed by atoms with Gasteiger partial charge in [0.1, 0.15) is 0 Å². The van der Waals surface area contributed by atoms with Crippen molar-refractivity contribution in [2.24, 2.45) is 0 Å². The molecular weight excluding hydrogens is 166 g/mol. The molecule has 56 valence electrons. The molecule has 1 N–H and O–H groups in total. The highest BCUT2D eigenvalue weighted by atomic mass is 35.5. The molecule has 0 rings (SSSR count).